The second-order valence-corrected chi connectivity index (χ2v) is 6.72. The normalized spacial score (nSPS) is 18.4. The molecular weight excluding hydrogens is 340 g/mol. The topological polar surface area (TPSA) is 61.4 Å². The molecule has 0 aromatic heterocycles. The van der Waals surface area contributed by atoms with Crippen molar-refractivity contribution in [3.63, 3.8) is 0 Å². The Balaban J connectivity index is 1.49. The van der Waals surface area contributed by atoms with Crippen LogP contribution in [0, 0.1) is 17.6 Å². The van der Waals surface area contributed by atoms with Crippen LogP contribution in [0.15, 0.2) is 29.8 Å². The number of halogens is 2. The number of nitrogens with zero attached hydrogens (tertiary/aromatic N) is 1. The van der Waals surface area contributed by atoms with Gasteiger partial charge in [0.05, 0.1) is 5.56 Å². The number of carbonyl (C=O) groups is 2. The summed E-state index contributed by atoms with van der Waals surface area (Å²) in [4.78, 5) is 26.2. The highest BCUT2D eigenvalue weighted by atomic mass is 19.1. The zero-order valence-corrected chi connectivity index (χ0v) is 14.6. The molecule has 0 atom stereocenters. The number of likely N-dealkylation sites (tertiary alicyclic amines) is 1. The fourth-order valence-electron chi connectivity index (χ4n) is 3.35. The Labute approximate surface area is 151 Å². The Hall–Kier alpha value is -2.28. The molecule has 2 amide bonds. The number of benzene rings is 1. The van der Waals surface area contributed by atoms with E-state index in [4.69, 9.17) is 0 Å². The van der Waals surface area contributed by atoms with E-state index in [0.29, 0.717) is 38.5 Å². The minimum Gasteiger partial charge on any atom is -0.352 e. The van der Waals surface area contributed by atoms with E-state index in [2.05, 4.69) is 16.7 Å². The van der Waals surface area contributed by atoms with Crippen molar-refractivity contribution in [3.8, 4) is 0 Å². The first-order chi connectivity index (χ1) is 12.5. The smallest absolute Gasteiger partial charge is 0.256 e. The van der Waals surface area contributed by atoms with Crippen LogP contribution in [0.25, 0.3) is 0 Å². The van der Waals surface area contributed by atoms with Crippen LogP contribution in [0.3, 0.4) is 0 Å². The molecule has 26 heavy (non-hydrogen) atoms. The Morgan fingerprint density at radius 2 is 2.00 bits per heavy atom. The molecule has 0 unspecified atom stereocenters. The maximum absolute atomic E-state index is 13.8. The third-order valence-electron chi connectivity index (χ3n) is 4.96. The zero-order chi connectivity index (χ0) is 18.5. The zero-order valence-electron chi connectivity index (χ0n) is 14.6. The van der Waals surface area contributed by atoms with Gasteiger partial charge in [-0.15, -0.1) is 0 Å². The van der Waals surface area contributed by atoms with E-state index in [1.807, 2.05) is 0 Å². The molecule has 3 rings (SSSR count). The van der Waals surface area contributed by atoms with Crippen LogP contribution in [-0.4, -0.2) is 49.4 Å². The van der Waals surface area contributed by atoms with Crippen molar-refractivity contribution >= 4 is 11.8 Å². The molecular formula is C19H23F2N3O2. The molecule has 140 valence electrons. The third kappa shape index (κ3) is 4.46. The summed E-state index contributed by atoms with van der Waals surface area (Å²) in [5, 5.41) is 6.20. The number of carbonyl (C=O) groups excluding carboxylic acids is 2. The van der Waals surface area contributed by atoms with Crippen LogP contribution in [0.1, 0.15) is 29.6 Å². The Morgan fingerprint density at radius 3 is 2.65 bits per heavy atom. The number of hydrogen-bond donors (Lipinski definition) is 2. The van der Waals surface area contributed by atoms with Crippen molar-refractivity contribution in [2.45, 2.75) is 19.3 Å². The van der Waals surface area contributed by atoms with Gasteiger partial charge in [-0.25, -0.2) is 8.78 Å². The minimum absolute atomic E-state index is 0.00416. The maximum atomic E-state index is 13.8. The average molecular weight is 363 g/mol. The van der Waals surface area contributed by atoms with Gasteiger partial charge in [-0.05, 0) is 37.9 Å². The quantitative estimate of drug-likeness (QED) is 0.803. The van der Waals surface area contributed by atoms with Crippen molar-refractivity contribution in [1.29, 1.82) is 0 Å². The van der Waals surface area contributed by atoms with E-state index in [-0.39, 0.29) is 17.4 Å². The first kappa shape index (κ1) is 18.5. The van der Waals surface area contributed by atoms with E-state index in [9.17, 15) is 18.4 Å². The molecule has 0 spiro atoms. The lowest BCUT2D eigenvalue weighted by Crippen LogP contribution is -2.43. The van der Waals surface area contributed by atoms with Gasteiger partial charge in [-0.2, -0.15) is 0 Å². The van der Waals surface area contributed by atoms with Gasteiger partial charge in [-0.1, -0.05) is 11.6 Å². The summed E-state index contributed by atoms with van der Waals surface area (Å²) in [6.07, 6.45) is 4.13. The second-order valence-electron chi connectivity index (χ2n) is 6.72. The van der Waals surface area contributed by atoms with Crippen LogP contribution >= 0.6 is 0 Å². The molecule has 1 aromatic rings. The van der Waals surface area contributed by atoms with Crippen molar-refractivity contribution in [3.05, 3.63) is 47.0 Å². The molecule has 5 nitrogen and oxygen atoms in total. The average Bonchev–Trinajstić information content (AvgIpc) is 2.66. The molecule has 0 radical (unpaired) electrons. The summed E-state index contributed by atoms with van der Waals surface area (Å²) in [5.41, 5.74) is 1.10. The van der Waals surface area contributed by atoms with Crippen LogP contribution in [0.5, 0.6) is 0 Å². The van der Waals surface area contributed by atoms with Crippen molar-refractivity contribution in [2.24, 2.45) is 5.92 Å². The van der Waals surface area contributed by atoms with Crippen LogP contribution in [-0.2, 0) is 4.79 Å². The highest BCUT2D eigenvalue weighted by molar-refractivity contribution is 5.94. The number of hydrogen-bond acceptors (Lipinski definition) is 3. The van der Waals surface area contributed by atoms with E-state index in [1.165, 1.54) is 16.5 Å². The molecule has 1 saturated heterocycles. The maximum Gasteiger partial charge on any atom is 0.256 e. The van der Waals surface area contributed by atoms with Gasteiger partial charge in [0.1, 0.15) is 11.6 Å². The number of nitrogens with one attached hydrogen (secondary N) is 2. The third-order valence-corrected chi connectivity index (χ3v) is 4.96. The van der Waals surface area contributed by atoms with Gasteiger partial charge in [0.2, 0.25) is 5.91 Å². The van der Waals surface area contributed by atoms with Crippen LogP contribution in [0.4, 0.5) is 8.78 Å². The lowest BCUT2D eigenvalue weighted by molar-refractivity contribution is -0.126. The van der Waals surface area contributed by atoms with E-state index in [0.717, 1.165) is 25.6 Å². The van der Waals surface area contributed by atoms with E-state index < -0.39 is 17.5 Å². The SMILES string of the molecule is O=C(NCC1=CCNCC1)C1CCN(C(=O)c2ccc(F)cc2F)CC1. The highest BCUT2D eigenvalue weighted by Gasteiger charge is 2.28. The van der Waals surface area contributed by atoms with E-state index in [1.54, 1.807) is 0 Å². The Morgan fingerprint density at radius 1 is 1.23 bits per heavy atom. The molecule has 0 bridgehead atoms. The summed E-state index contributed by atoms with van der Waals surface area (Å²) in [5.74, 6) is -2.16. The summed E-state index contributed by atoms with van der Waals surface area (Å²) in [7, 11) is 0. The molecule has 2 heterocycles. The van der Waals surface area contributed by atoms with Crippen molar-refractivity contribution in [2.75, 3.05) is 32.7 Å². The van der Waals surface area contributed by atoms with Gasteiger partial charge in [-0.3, -0.25) is 9.59 Å². The summed E-state index contributed by atoms with van der Waals surface area (Å²) < 4.78 is 26.8. The van der Waals surface area contributed by atoms with Gasteiger partial charge < -0.3 is 15.5 Å². The first-order valence-corrected chi connectivity index (χ1v) is 8.95. The molecule has 7 heteroatoms. The molecule has 0 saturated carbocycles. The lowest BCUT2D eigenvalue weighted by atomic mass is 9.95. The lowest BCUT2D eigenvalue weighted by Gasteiger charge is -2.31. The number of rotatable bonds is 4. The van der Waals surface area contributed by atoms with Gasteiger partial charge >= 0.3 is 0 Å². The molecule has 2 N–H and O–H groups in total. The molecule has 1 fully saturated rings. The molecule has 2 aliphatic rings. The van der Waals surface area contributed by atoms with Crippen LogP contribution in [0.2, 0.25) is 0 Å². The second kappa shape index (κ2) is 8.40. The summed E-state index contributed by atoms with van der Waals surface area (Å²) in [6.45, 7) is 3.12. The van der Waals surface area contributed by atoms with E-state index >= 15 is 0 Å². The predicted octanol–water partition coefficient (Wildman–Crippen LogP) is 1.85. The Kier molecular flexibility index (Phi) is 5.98. The van der Waals surface area contributed by atoms with Gasteiger partial charge in [0, 0.05) is 38.2 Å². The predicted molar refractivity (Wildman–Crippen MR) is 93.6 cm³/mol. The molecule has 0 aliphatic carbocycles. The standard InChI is InChI=1S/C19H23F2N3O2/c20-15-1-2-16(17(21)11-15)19(26)24-9-5-14(6-10-24)18(25)23-12-13-3-7-22-8-4-13/h1-3,11,14,22H,4-10,12H2,(H,23,25). The van der Waals surface area contributed by atoms with Crippen molar-refractivity contribution < 1.29 is 18.4 Å². The largest absolute Gasteiger partial charge is 0.352 e. The fourth-order valence-corrected chi connectivity index (χ4v) is 3.35. The molecule has 2 aliphatic heterocycles. The van der Waals surface area contributed by atoms with Crippen LogP contribution < -0.4 is 10.6 Å². The van der Waals surface area contributed by atoms with Gasteiger partial charge in [0.25, 0.3) is 5.91 Å². The van der Waals surface area contributed by atoms with Crippen molar-refractivity contribution in [1.82, 2.24) is 15.5 Å². The monoisotopic (exact) mass is 363 g/mol. The van der Waals surface area contributed by atoms with Gasteiger partial charge in [0.15, 0.2) is 0 Å². The summed E-state index contributed by atoms with van der Waals surface area (Å²) >= 11 is 0. The first-order valence-electron chi connectivity index (χ1n) is 8.95. The highest BCUT2D eigenvalue weighted by Crippen LogP contribution is 2.21. The number of piperidine rings is 1. The summed E-state index contributed by atoms with van der Waals surface area (Å²) in [6, 6.07) is 2.95. The minimum atomic E-state index is -0.856. The number of amides is 2. The fraction of sp³-hybridized carbons (Fsp3) is 0.474. The molecule has 1 aromatic carbocycles. The Bertz CT molecular complexity index is 713.